The van der Waals surface area contributed by atoms with Crippen LogP contribution in [0.3, 0.4) is 0 Å². The molecule has 4 nitrogen and oxygen atoms in total. The number of rotatable bonds is 8. The number of nitrogens with zero attached hydrogens (tertiary/aromatic N) is 2. The van der Waals surface area contributed by atoms with Gasteiger partial charge in [0.05, 0.1) is 5.03 Å². The van der Waals surface area contributed by atoms with Gasteiger partial charge in [0.1, 0.15) is 5.69 Å². The molecule has 0 aliphatic carbocycles. The number of hydroxylamine groups is 2. The number of aromatic nitrogens is 1. The van der Waals surface area contributed by atoms with E-state index < -0.39 is 58.5 Å². The maximum absolute atomic E-state index is 13.9. The Kier molecular flexibility index (Phi) is 7.33. The zero-order valence-corrected chi connectivity index (χ0v) is 16.8. The van der Waals surface area contributed by atoms with Gasteiger partial charge in [0.25, 0.3) is 0 Å². The first-order chi connectivity index (χ1) is 14.8. The number of hydrogen-bond acceptors (Lipinski definition) is 2. The lowest BCUT2D eigenvalue weighted by Gasteiger charge is -2.41. The fourth-order valence-corrected chi connectivity index (χ4v) is 2.81. The van der Waals surface area contributed by atoms with Gasteiger partial charge in [0.2, 0.25) is 0 Å². The highest BCUT2D eigenvalue weighted by molar-refractivity contribution is 7.98. The minimum Gasteiger partial charge on any atom is -0.335 e. The molecule has 197 valence electrons. The van der Waals surface area contributed by atoms with E-state index in [0.717, 1.165) is 24.9 Å². The summed E-state index contributed by atoms with van der Waals surface area (Å²) in [4.78, 5) is 11.8. The molecule has 1 heterocycles. The van der Waals surface area contributed by atoms with Gasteiger partial charge in [0.15, 0.2) is 0 Å². The summed E-state index contributed by atoms with van der Waals surface area (Å²) in [6, 6.07) is -5.97. The fourth-order valence-electron chi connectivity index (χ4n) is 2.23. The van der Waals surface area contributed by atoms with Crippen LogP contribution in [0.15, 0.2) is 17.2 Å². The SMILES string of the molecule is CSc1ccc(C(=O)N([O])C(F)(F)C(F)(F)C(F)(F)C(F)(F)C(F)(F)C(F)(F)C(F)(F)F)n1C. The molecule has 0 fully saturated rings. The first kappa shape index (κ1) is 30.0. The van der Waals surface area contributed by atoms with Crippen LogP contribution in [0.5, 0.6) is 0 Å². The Labute approximate surface area is 182 Å². The summed E-state index contributed by atoms with van der Waals surface area (Å²) in [6.45, 7) is 0. The zero-order chi connectivity index (χ0) is 27.5. The van der Waals surface area contributed by atoms with Crippen molar-refractivity contribution in [3.63, 3.8) is 0 Å². The first-order valence-corrected chi connectivity index (χ1v) is 9.06. The smallest absolute Gasteiger partial charge is 0.335 e. The van der Waals surface area contributed by atoms with Crippen molar-refractivity contribution < 1.29 is 75.9 Å². The number of halogens is 15. The van der Waals surface area contributed by atoms with E-state index in [9.17, 15) is 75.9 Å². The molecule has 1 radical (unpaired) electrons. The van der Waals surface area contributed by atoms with Crippen molar-refractivity contribution >= 4 is 17.7 Å². The summed E-state index contributed by atoms with van der Waals surface area (Å²) in [5.41, 5.74) is -1.24. The largest absolute Gasteiger partial charge is 0.460 e. The van der Waals surface area contributed by atoms with Crippen molar-refractivity contribution in [2.45, 2.75) is 46.9 Å². The molecule has 0 N–H and O–H groups in total. The van der Waals surface area contributed by atoms with Gasteiger partial charge in [-0.05, 0) is 18.4 Å². The molecule has 0 atom stereocenters. The Hall–Kier alpha value is -1.99. The predicted molar refractivity (Wildman–Crippen MR) is 79.8 cm³/mol. The molecule has 20 heteroatoms. The number of alkyl halides is 15. The normalized spacial score (nSPS) is 15.0. The van der Waals surface area contributed by atoms with Crippen molar-refractivity contribution in [1.29, 1.82) is 0 Å². The molecule has 0 bridgehead atoms. The van der Waals surface area contributed by atoms with Crippen molar-refractivity contribution in [1.82, 2.24) is 9.63 Å². The van der Waals surface area contributed by atoms with E-state index in [1.54, 1.807) is 0 Å². The first-order valence-electron chi connectivity index (χ1n) is 7.84. The summed E-state index contributed by atoms with van der Waals surface area (Å²) in [6.07, 6.45) is -6.43. The van der Waals surface area contributed by atoms with Gasteiger partial charge in [-0.1, -0.05) is 5.21 Å². The minimum atomic E-state index is -8.55. The quantitative estimate of drug-likeness (QED) is 0.175. The van der Waals surface area contributed by atoms with Crippen molar-refractivity contribution in [3.05, 3.63) is 17.8 Å². The van der Waals surface area contributed by atoms with Crippen molar-refractivity contribution in [3.8, 4) is 0 Å². The van der Waals surface area contributed by atoms with Crippen LogP contribution in [0.4, 0.5) is 65.9 Å². The van der Waals surface area contributed by atoms with E-state index in [-0.39, 0.29) is 5.03 Å². The molecule has 34 heavy (non-hydrogen) atoms. The number of hydrogen-bond donors (Lipinski definition) is 0. The predicted octanol–water partition coefficient (Wildman–Crippen LogP) is 5.87. The van der Waals surface area contributed by atoms with Crippen LogP contribution >= 0.6 is 11.8 Å². The summed E-state index contributed by atoms with van der Waals surface area (Å²) in [5, 5.41) is 8.61. The van der Waals surface area contributed by atoms with Crippen LogP contribution in [0.25, 0.3) is 0 Å². The van der Waals surface area contributed by atoms with Gasteiger partial charge < -0.3 is 4.57 Å². The van der Waals surface area contributed by atoms with Crippen LogP contribution in [0.1, 0.15) is 10.5 Å². The van der Waals surface area contributed by atoms with Gasteiger partial charge in [-0.15, -0.1) is 16.8 Å². The fraction of sp³-hybridized carbons (Fsp3) is 0.643. The van der Waals surface area contributed by atoms with Crippen molar-refractivity contribution in [2.24, 2.45) is 7.05 Å². The summed E-state index contributed by atoms with van der Waals surface area (Å²) >= 11 is 0.762. The minimum absolute atomic E-state index is 0.0299. The molecule has 1 rings (SSSR count). The Morgan fingerprint density at radius 3 is 1.47 bits per heavy atom. The Balaban J connectivity index is 3.59. The van der Waals surface area contributed by atoms with Gasteiger partial charge in [-0.3, -0.25) is 4.79 Å². The Morgan fingerprint density at radius 1 is 0.735 bits per heavy atom. The Bertz CT molecular complexity index is 925. The van der Waals surface area contributed by atoms with E-state index >= 15 is 0 Å². The molecule has 0 aliphatic heterocycles. The highest BCUT2D eigenvalue weighted by Gasteiger charge is 2.94. The number of thioether (sulfide) groups is 1. The van der Waals surface area contributed by atoms with Crippen LogP contribution in [-0.2, 0) is 12.3 Å². The second-order valence-corrected chi connectivity index (χ2v) is 7.16. The standard InChI is InChI=1S/C14H8F15N2O2S/c1-30-5(3-4-6(30)34-2)7(32)31(33)14(28,29)12(23,24)10(19,20)8(15,16)9(17,18)11(21,22)13(25,26)27/h3-4H,1-2H3. The summed E-state index contributed by atoms with van der Waals surface area (Å²) < 4.78 is 198. The van der Waals surface area contributed by atoms with Crippen LogP contribution in [0.2, 0.25) is 0 Å². The second-order valence-electron chi connectivity index (χ2n) is 6.33. The topological polar surface area (TPSA) is 45.1 Å². The van der Waals surface area contributed by atoms with E-state index in [4.69, 9.17) is 0 Å². The van der Waals surface area contributed by atoms with Gasteiger partial charge in [0, 0.05) is 7.05 Å². The molecule has 0 saturated carbocycles. The summed E-state index contributed by atoms with van der Waals surface area (Å²) in [7, 11) is 0.853. The second kappa shape index (κ2) is 8.30. The molecule has 1 aromatic rings. The third-order valence-electron chi connectivity index (χ3n) is 4.25. The molecule has 0 aliphatic rings. The zero-order valence-electron chi connectivity index (χ0n) is 15.9. The van der Waals surface area contributed by atoms with E-state index in [2.05, 4.69) is 0 Å². The molecule has 1 amide bonds. The van der Waals surface area contributed by atoms with Gasteiger partial charge >= 0.3 is 47.7 Å². The van der Waals surface area contributed by atoms with Gasteiger partial charge in [-0.2, -0.15) is 65.9 Å². The molecule has 0 saturated heterocycles. The molecule has 0 spiro atoms. The average molecular weight is 553 g/mol. The van der Waals surface area contributed by atoms with E-state index in [1.165, 1.54) is 6.26 Å². The van der Waals surface area contributed by atoms with Crippen molar-refractivity contribution in [2.75, 3.05) is 6.26 Å². The number of carbonyl (C=O) groups is 1. The Morgan fingerprint density at radius 2 is 1.12 bits per heavy atom. The summed E-state index contributed by atoms with van der Waals surface area (Å²) in [5.74, 6) is -44.5. The highest BCUT2D eigenvalue weighted by Crippen LogP contribution is 2.62. The van der Waals surface area contributed by atoms with E-state index in [1.807, 2.05) is 0 Å². The number of carbonyl (C=O) groups excluding carboxylic acids is 1. The van der Waals surface area contributed by atoms with Gasteiger partial charge in [-0.25, -0.2) is 0 Å². The highest BCUT2D eigenvalue weighted by atomic mass is 32.2. The van der Waals surface area contributed by atoms with Crippen LogP contribution in [0, 0.1) is 0 Å². The van der Waals surface area contributed by atoms with E-state index in [0.29, 0.717) is 10.6 Å². The molecular weight excluding hydrogens is 545 g/mol. The monoisotopic (exact) mass is 553 g/mol. The lowest BCUT2D eigenvalue weighted by molar-refractivity contribution is -0.471. The van der Waals surface area contributed by atoms with Crippen LogP contribution in [-0.4, -0.2) is 63.6 Å². The third-order valence-corrected chi connectivity index (χ3v) is 5.08. The lowest BCUT2D eigenvalue weighted by atomic mass is 9.93. The molecular formula is C14H8F15N2O2S. The third kappa shape index (κ3) is 3.85. The average Bonchev–Trinajstić information content (AvgIpc) is 3.05. The number of amides is 1. The molecule has 0 unspecified atom stereocenters. The maximum atomic E-state index is 13.9. The lowest BCUT2D eigenvalue weighted by Crippen LogP contribution is -2.74. The van der Waals surface area contributed by atoms with Crippen LogP contribution < -0.4 is 0 Å². The maximum Gasteiger partial charge on any atom is 0.460 e. The molecule has 1 aromatic heterocycles. The molecule has 0 aromatic carbocycles.